The zero-order valence-electron chi connectivity index (χ0n) is 18.8. The summed E-state index contributed by atoms with van der Waals surface area (Å²) < 4.78 is 0. The molecular weight excluding hydrogens is 440 g/mol. The zero-order chi connectivity index (χ0) is 24.5. The Morgan fingerprint density at radius 3 is 1.94 bits per heavy atom. The highest BCUT2D eigenvalue weighted by molar-refractivity contribution is 6.04. The van der Waals surface area contributed by atoms with E-state index in [1.165, 1.54) is 0 Å². The number of pyridine rings is 1. The topological polar surface area (TPSA) is 100 Å². The van der Waals surface area contributed by atoms with E-state index in [-0.39, 0.29) is 24.1 Å². The lowest BCUT2D eigenvalue weighted by Crippen LogP contribution is -2.31. The number of rotatable bonds is 8. The molecule has 3 amide bonds. The molecule has 0 spiro atoms. The molecule has 0 fully saturated rings. The second-order valence-corrected chi connectivity index (χ2v) is 7.83. The molecule has 0 bridgehead atoms. The number of nitrogens with one attached hydrogen (secondary N) is 3. The highest BCUT2D eigenvalue weighted by Gasteiger charge is 2.19. The summed E-state index contributed by atoms with van der Waals surface area (Å²) in [7, 11) is 0. The van der Waals surface area contributed by atoms with E-state index in [0.717, 1.165) is 5.56 Å². The van der Waals surface area contributed by atoms with E-state index < -0.39 is 6.04 Å². The van der Waals surface area contributed by atoms with Crippen molar-refractivity contribution in [2.24, 2.45) is 0 Å². The number of carbonyl (C=O) groups is 3. The van der Waals surface area contributed by atoms with Gasteiger partial charge in [0.25, 0.3) is 11.8 Å². The van der Waals surface area contributed by atoms with Crippen molar-refractivity contribution < 1.29 is 14.4 Å². The Balaban J connectivity index is 1.43. The standard InChI is InChI=1S/C28H24N4O3/c33-26(30-23-12-7-13-24(18-23)31-27(34)22-14-16-29-17-15-22)19-25(20-8-3-1-4-9-20)32-28(35)21-10-5-2-6-11-21/h1-18,25H,19H2,(H,30,33)(H,31,34)(H,32,35). The Morgan fingerprint density at radius 2 is 1.26 bits per heavy atom. The molecular formula is C28H24N4O3. The van der Waals surface area contributed by atoms with Crippen molar-refractivity contribution in [3.8, 4) is 0 Å². The summed E-state index contributed by atoms with van der Waals surface area (Å²) in [5, 5.41) is 8.62. The monoisotopic (exact) mass is 464 g/mol. The van der Waals surface area contributed by atoms with Crippen LogP contribution in [0.4, 0.5) is 11.4 Å². The average molecular weight is 465 g/mol. The van der Waals surface area contributed by atoms with E-state index >= 15 is 0 Å². The molecule has 0 aliphatic rings. The second-order valence-electron chi connectivity index (χ2n) is 7.83. The van der Waals surface area contributed by atoms with Gasteiger partial charge in [-0.1, -0.05) is 54.6 Å². The molecule has 7 heteroatoms. The lowest BCUT2D eigenvalue weighted by atomic mass is 10.0. The summed E-state index contributed by atoms with van der Waals surface area (Å²) in [5.41, 5.74) is 2.90. The first-order valence-electron chi connectivity index (χ1n) is 11.1. The van der Waals surface area contributed by atoms with Gasteiger partial charge in [0.2, 0.25) is 5.91 Å². The molecule has 1 aromatic heterocycles. The van der Waals surface area contributed by atoms with Crippen molar-refractivity contribution in [2.75, 3.05) is 10.6 Å². The van der Waals surface area contributed by atoms with E-state index in [4.69, 9.17) is 0 Å². The van der Waals surface area contributed by atoms with Crippen molar-refractivity contribution in [3.63, 3.8) is 0 Å². The number of benzene rings is 3. The van der Waals surface area contributed by atoms with E-state index in [2.05, 4.69) is 20.9 Å². The van der Waals surface area contributed by atoms with Crippen LogP contribution in [-0.2, 0) is 4.79 Å². The highest BCUT2D eigenvalue weighted by Crippen LogP contribution is 2.21. The molecule has 4 rings (SSSR count). The maximum atomic E-state index is 12.9. The molecule has 0 aliphatic heterocycles. The van der Waals surface area contributed by atoms with Gasteiger partial charge in [0.15, 0.2) is 0 Å². The molecule has 0 saturated carbocycles. The molecule has 4 aromatic rings. The average Bonchev–Trinajstić information content (AvgIpc) is 2.90. The molecule has 0 aliphatic carbocycles. The number of hydrogen-bond acceptors (Lipinski definition) is 4. The predicted molar refractivity (Wildman–Crippen MR) is 135 cm³/mol. The Hall–Kier alpha value is -4.78. The first-order chi connectivity index (χ1) is 17.1. The van der Waals surface area contributed by atoms with Crippen molar-refractivity contribution in [2.45, 2.75) is 12.5 Å². The fourth-order valence-electron chi connectivity index (χ4n) is 3.55. The Labute approximate surface area is 203 Å². The molecule has 7 nitrogen and oxygen atoms in total. The fourth-order valence-corrected chi connectivity index (χ4v) is 3.55. The van der Waals surface area contributed by atoms with Crippen LogP contribution in [0.3, 0.4) is 0 Å². The van der Waals surface area contributed by atoms with E-state index in [0.29, 0.717) is 22.5 Å². The summed E-state index contributed by atoms with van der Waals surface area (Å²) in [5.74, 6) is -0.804. The van der Waals surface area contributed by atoms with Gasteiger partial charge in [0.1, 0.15) is 0 Å². The SMILES string of the molecule is O=C(CC(NC(=O)c1ccccc1)c1ccccc1)Nc1cccc(NC(=O)c2ccncc2)c1. The molecule has 0 radical (unpaired) electrons. The Bertz CT molecular complexity index is 1300. The van der Waals surface area contributed by atoms with Gasteiger partial charge in [-0.15, -0.1) is 0 Å². The normalized spacial score (nSPS) is 11.2. The quantitative estimate of drug-likeness (QED) is 0.348. The summed E-state index contributed by atoms with van der Waals surface area (Å²) in [4.78, 5) is 42.0. The van der Waals surface area contributed by atoms with Crippen LogP contribution in [0.25, 0.3) is 0 Å². The maximum Gasteiger partial charge on any atom is 0.255 e. The van der Waals surface area contributed by atoms with E-state index in [9.17, 15) is 14.4 Å². The summed E-state index contributed by atoms with van der Waals surface area (Å²) in [6.45, 7) is 0. The number of hydrogen-bond donors (Lipinski definition) is 3. The largest absolute Gasteiger partial charge is 0.345 e. The summed E-state index contributed by atoms with van der Waals surface area (Å²) >= 11 is 0. The van der Waals surface area contributed by atoms with Gasteiger partial charge >= 0.3 is 0 Å². The third-order valence-corrected chi connectivity index (χ3v) is 5.28. The number of amides is 3. The van der Waals surface area contributed by atoms with Crippen molar-refractivity contribution >= 4 is 29.1 Å². The number of carbonyl (C=O) groups excluding carboxylic acids is 3. The smallest absolute Gasteiger partial charge is 0.255 e. The highest BCUT2D eigenvalue weighted by atomic mass is 16.2. The third-order valence-electron chi connectivity index (χ3n) is 5.28. The first kappa shape index (κ1) is 23.4. The van der Waals surface area contributed by atoms with Crippen molar-refractivity contribution in [1.29, 1.82) is 0 Å². The Morgan fingerprint density at radius 1 is 0.657 bits per heavy atom. The van der Waals surface area contributed by atoms with E-state index in [1.807, 2.05) is 36.4 Å². The minimum absolute atomic E-state index is 0.0379. The minimum atomic E-state index is -0.515. The number of aromatic nitrogens is 1. The molecule has 0 saturated heterocycles. The van der Waals surface area contributed by atoms with Gasteiger partial charge in [0.05, 0.1) is 12.5 Å². The van der Waals surface area contributed by atoms with Crippen molar-refractivity contribution in [1.82, 2.24) is 10.3 Å². The molecule has 3 aromatic carbocycles. The summed E-state index contributed by atoms with van der Waals surface area (Å²) in [6.07, 6.45) is 3.13. The van der Waals surface area contributed by atoms with E-state index in [1.54, 1.807) is 73.1 Å². The first-order valence-corrected chi connectivity index (χ1v) is 11.1. The lowest BCUT2D eigenvalue weighted by Gasteiger charge is -2.19. The lowest BCUT2D eigenvalue weighted by molar-refractivity contribution is -0.116. The molecule has 3 N–H and O–H groups in total. The predicted octanol–water partition coefficient (Wildman–Crippen LogP) is 4.83. The molecule has 1 heterocycles. The second kappa shape index (κ2) is 11.4. The van der Waals surface area contributed by atoms with Crippen LogP contribution in [-0.4, -0.2) is 22.7 Å². The third kappa shape index (κ3) is 6.61. The van der Waals surface area contributed by atoms with Gasteiger partial charge in [-0.05, 0) is 48.0 Å². The Kier molecular flexibility index (Phi) is 7.60. The summed E-state index contributed by atoms with van der Waals surface area (Å²) in [6, 6.07) is 27.8. The van der Waals surface area contributed by atoms with Gasteiger partial charge in [0, 0.05) is 34.9 Å². The van der Waals surface area contributed by atoms with Crippen LogP contribution < -0.4 is 16.0 Å². The maximum absolute atomic E-state index is 12.9. The molecule has 1 atom stereocenters. The molecule has 35 heavy (non-hydrogen) atoms. The van der Waals surface area contributed by atoms with Crippen LogP contribution in [0, 0.1) is 0 Å². The van der Waals surface area contributed by atoms with Crippen molar-refractivity contribution in [3.05, 3.63) is 126 Å². The van der Waals surface area contributed by atoms with Crippen LogP contribution in [0.15, 0.2) is 109 Å². The molecule has 1 unspecified atom stereocenters. The number of nitrogens with zero attached hydrogens (tertiary/aromatic N) is 1. The number of anilines is 2. The van der Waals surface area contributed by atoms with Crippen LogP contribution in [0.2, 0.25) is 0 Å². The van der Waals surface area contributed by atoms with Gasteiger partial charge < -0.3 is 16.0 Å². The van der Waals surface area contributed by atoms with Crippen LogP contribution >= 0.6 is 0 Å². The molecule has 174 valence electrons. The van der Waals surface area contributed by atoms with Gasteiger partial charge in [-0.25, -0.2) is 0 Å². The van der Waals surface area contributed by atoms with Gasteiger partial charge in [-0.3, -0.25) is 19.4 Å². The fraction of sp³-hybridized carbons (Fsp3) is 0.0714. The van der Waals surface area contributed by atoms with Crippen LogP contribution in [0.5, 0.6) is 0 Å². The zero-order valence-corrected chi connectivity index (χ0v) is 18.8. The van der Waals surface area contributed by atoms with Crippen LogP contribution in [0.1, 0.15) is 38.7 Å². The minimum Gasteiger partial charge on any atom is -0.345 e. The van der Waals surface area contributed by atoms with Gasteiger partial charge in [-0.2, -0.15) is 0 Å².